The average molecular weight is 223 g/mol. The van der Waals surface area contributed by atoms with Crippen molar-refractivity contribution in [3.63, 3.8) is 0 Å². The molecule has 1 unspecified atom stereocenters. The summed E-state index contributed by atoms with van der Waals surface area (Å²) < 4.78 is 27.1. The van der Waals surface area contributed by atoms with Crippen molar-refractivity contribution in [2.75, 3.05) is 12.4 Å². The Bertz CT molecular complexity index is 259. The first kappa shape index (κ1) is 13.9. The Balaban J connectivity index is 3.92. The van der Waals surface area contributed by atoms with Crippen molar-refractivity contribution in [1.29, 1.82) is 0 Å². The molecule has 0 aromatic rings. The lowest BCUT2D eigenvalue weighted by atomic mass is 10.1. The number of rotatable bonds is 6. The van der Waals surface area contributed by atoms with Crippen LogP contribution in [0.4, 0.5) is 0 Å². The summed E-state index contributed by atoms with van der Waals surface area (Å²) in [5, 5.41) is 4.92. The maximum atomic E-state index is 10.8. The summed E-state index contributed by atoms with van der Waals surface area (Å²) in [5.41, 5.74) is -0.188. The molecule has 0 fully saturated rings. The molecular formula is C9H21NO3S. The molecule has 0 aliphatic rings. The van der Waals surface area contributed by atoms with E-state index in [1.165, 1.54) is 0 Å². The van der Waals surface area contributed by atoms with E-state index in [4.69, 9.17) is 9.88 Å². The van der Waals surface area contributed by atoms with Crippen LogP contribution in [0, 0.1) is 5.92 Å². The van der Waals surface area contributed by atoms with Gasteiger partial charge in [0.05, 0.1) is 18.0 Å². The topological polar surface area (TPSA) is 69.4 Å². The average Bonchev–Trinajstić information content (AvgIpc) is 1.98. The summed E-state index contributed by atoms with van der Waals surface area (Å²) in [6, 6.07) is 0. The molecular weight excluding hydrogens is 202 g/mol. The Morgan fingerprint density at radius 1 is 1.43 bits per heavy atom. The van der Waals surface area contributed by atoms with Crippen molar-refractivity contribution < 1.29 is 13.2 Å². The molecule has 0 rings (SSSR count). The first-order valence-electron chi connectivity index (χ1n) is 4.81. The van der Waals surface area contributed by atoms with E-state index in [0.717, 1.165) is 6.42 Å². The first-order chi connectivity index (χ1) is 6.16. The highest BCUT2D eigenvalue weighted by atomic mass is 32.2. The monoisotopic (exact) mass is 223 g/mol. The normalized spacial score (nSPS) is 15.5. The lowest BCUT2D eigenvalue weighted by molar-refractivity contribution is -0.0323. The predicted octanol–water partition coefficient (Wildman–Crippen LogP) is 1.12. The van der Waals surface area contributed by atoms with Crippen LogP contribution in [0.25, 0.3) is 0 Å². The molecule has 0 bridgehead atoms. The van der Waals surface area contributed by atoms with E-state index in [1.807, 2.05) is 27.7 Å². The van der Waals surface area contributed by atoms with Gasteiger partial charge >= 0.3 is 0 Å². The molecule has 0 radical (unpaired) electrons. The lowest BCUT2D eigenvalue weighted by Gasteiger charge is -2.25. The third kappa shape index (κ3) is 7.29. The van der Waals surface area contributed by atoms with Crippen molar-refractivity contribution in [3.05, 3.63) is 0 Å². The van der Waals surface area contributed by atoms with Crippen LogP contribution in [0.3, 0.4) is 0 Å². The Hall–Kier alpha value is -0.130. The van der Waals surface area contributed by atoms with E-state index in [2.05, 4.69) is 0 Å². The molecule has 5 heteroatoms. The van der Waals surface area contributed by atoms with Crippen LogP contribution in [0.15, 0.2) is 0 Å². The van der Waals surface area contributed by atoms with E-state index in [0.29, 0.717) is 6.61 Å². The number of nitrogens with two attached hydrogens (primary N) is 1. The van der Waals surface area contributed by atoms with Crippen LogP contribution < -0.4 is 5.14 Å². The van der Waals surface area contributed by atoms with E-state index >= 15 is 0 Å². The highest BCUT2D eigenvalue weighted by Crippen LogP contribution is 2.15. The van der Waals surface area contributed by atoms with Crippen molar-refractivity contribution in [3.8, 4) is 0 Å². The predicted molar refractivity (Wildman–Crippen MR) is 57.5 cm³/mol. The van der Waals surface area contributed by atoms with E-state index in [-0.39, 0.29) is 17.3 Å². The van der Waals surface area contributed by atoms with Crippen molar-refractivity contribution in [2.24, 2.45) is 11.1 Å². The minimum atomic E-state index is -3.38. The van der Waals surface area contributed by atoms with Gasteiger partial charge in [-0.25, -0.2) is 13.6 Å². The maximum Gasteiger partial charge on any atom is 0.209 e. The zero-order chi connectivity index (χ0) is 11.4. The molecule has 0 amide bonds. The summed E-state index contributed by atoms with van der Waals surface area (Å²) in [6.07, 6.45) is 0.898. The molecule has 0 saturated carbocycles. The quantitative estimate of drug-likeness (QED) is 0.733. The standard InChI is InChI=1S/C9H21NO3S/c1-5-9(3,4)13-6-8(2)7-14(10,11)12/h8H,5-7H2,1-4H3,(H2,10,11,12). The smallest absolute Gasteiger partial charge is 0.209 e. The molecule has 0 aromatic heterocycles. The third-order valence-corrected chi connectivity index (χ3v) is 3.16. The molecule has 1 atom stereocenters. The Morgan fingerprint density at radius 3 is 2.29 bits per heavy atom. The maximum absolute atomic E-state index is 10.8. The fourth-order valence-electron chi connectivity index (χ4n) is 0.915. The van der Waals surface area contributed by atoms with E-state index < -0.39 is 10.0 Å². The van der Waals surface area contributed by atoms with Crippen molar-refractivity contribution >= 4 is 10.0 Å². The summed E-state index contributed by atoms with van der Waals surface area (Å²) in [7, 11) is -3.38. The van der Waals surface area contributed by atoms with Crippen LogP contribution in [-0.4, -0.2) is 26.4 Å². The summed E-state index contributed by atoms with van der Waals surface area (Å²) in [4.78, 5) is 0. The fourth-order valence-corrected chi connectivity index (χ4v) is 1.80. The second kappa shape index (κ2) is 5.09. The molecule has 0 aliphatic heterocycles. The molecule has 0 spiro atoms. The SMILES string of the molecule is CCC(C)(C)OCC(C)CS(N)(=O)=O. The molecule has 0 saturated heterocycles. The highest BCUT2D eigenvalue weighted by molar-refractivity contribution is 7.89. The summed E-state index contributed by atoms with van der Waals surface area (Å²) in [6.45, 7) is 8.24. The Labute approximate surface area is 86.9 Å². The second-order valence-electron chi connectivity index (χ2n) is 4.36. The van der Waals surface area contributed by atoms with Gasteiger partial charge < -0.3 is 4.74 Å². The zero-order valence-corrected chi connectivity index (χ0v) is 10.2. The van der Waals surface area contributed by atoms with Crippen LogP contribution in [-0.2, 0) is 14.8 Å². The van der Waals surface area contributed by atoms with Crippen LogP contribution in [0.2, 0.25) is 0 Å². The molecule has 0 heterocycles. The van der Waals surface area contributed by atoms with Gasteiger partial charge in [0.15, 0.2) is 0 Å². The minimum Gasteiger partial charge on any atom is -0.375 e. The minimum absolute atomic E-state index is 0.0210. The number of hydrogen-bond donors (Lipinski definition) is 1. The van der Waals surface area contributed by atoms with Crippen LogP contribution in [0.1, 0.15) is 34.1 Å². The molecule has 4 nitrogen and oxygen atoms in total. The Morgan fingerprint density at radius 2 is 1.93 bits per heavy atom. The van der Waals surface area contributed by atoms with Gasteiger partial charge in [-0.2, -0.15) is 0 Å². The highest BCUT2D eigenvalue weighted by Gasteiger charge is 2.18. The van der Waals surface area contributed by atoms with Gasteiger partial charge in [0.1, 0.15) is 0 Å². The second-order valence-corrected chi connectivity index (χ2v) is 6.02. The molecule has 0 aliphatic carbocycles. The van der Waals surface area contributed by atoms with E-state index in [9.17, 15) is 8.42 Å². The van der Waals surface area contributed by atoms with Gasteiger partial charge in [-0.3, -0.25) is 0 Å². The number of sulfonamides is 1. The molecule has 86 valence electrons. The summed E-state index contributed by atoms with van der Waals surface area (Å²) in [5.74, 6) is -0.0805. The fraction of sp³-hybridized carbons (Fsp3) is 1.00. The van der Waals surface area contributed by atoms with Crippen molar-refractivity contribution in [1.82, 2.24) is 0 Å². The van der Waals surface area contributed by atoms with Gasteiger partial charge in [-0.05, 0) is 26.2 Å². The zero-order valence-electron chi connectivity index (χ0n) is 9.41. The van der Waals surface area contributed by atoms with Gasteiger partial charge in [-0.15, -0.1) is 0 Å². The molecule has 2 N–H and O–H groups in total. The summed E-state index contributed by atoms with van der Waals surface area (Å²) >= 11 is 0. The number of ether oxygens (including phenoxy) is 1. The molecule has 14 heavy (non-hydrogen) atoms. The Kier molecular flexibility index (Phi) is 5.05. The number of hydrogen-bond acceptors (Lipinski definition) is 3. The lowest BCUT2D eigenvalue weighted by Crippen LogP contribution is -2.29. The van der Waals surface area contributed by atoms with E-state index in [1.54, 1.807) is 0 Å². The van der Waals surface area contributed by atoms with Crippen LogP contribution >= 0.6 is 0 Å². The number of primary sulfonamides is 1. The van der Waals surface area contributed by atoms with Gasteiger partial charge in [0.25, 0.3) is 0 Å². The molecule has 0 aromatic carbocycles. The van der Waals surface area contributed by atoms with Gasteiger partial charge in [0.2, 0.25) is 10.0 Å². The van der Waals surface area contributed by atoms with Gasteiger partial charge in [-0.1, -0.05) is 13.8 Å². The van der Waals surface area contributed by atoms with Crippen molar-refractivity contribution in [2.45, 2.75) is 39.7 Å². The third-order valence-electron chi connectivity index (χ3n) is 2.13. The van der Waals surface area contributed by atoms with Crippen LogP contribution in [0.5, 0.6) is 0 Å². The first-order valence-corrected chi connectivity index (χ1v) is 6.52. The van der Waals surface area contributed by atoms with Gasteiger partial charge in [0, 0.05) is 0 Å². The largest absolute Gasteiger partial charge is 0.375 e.